The van der Waals surface area contributed by atoms with Gasteiger partial charge in [0.2, 0.25) is 0 Å². The van der Waals surface area contributed by atoms with E-state index < -0.39 is 5.97 Å². The van der Waals surface area contributed by atoms with Gasteiger partial charge in [0, 0.05) is 6.08 Å². The van der Waals surface area contributed by atoms with Crippen LogP contribution in [0.1, 0.15) is 58.3 Å². The van der Waals surface area contributed by atoms with Crippen LogP contribution < -0.4 is 0 Å². The van der Waals surface area contributed by atoms with Crippen LogP contribution in [0.4, 0.5) is 0 Å². The van der Waals surface area contributed by atoms with E-state index in [1.54, 1.807) is 6.08 Å². The smallest absolute Gasteiger partial charge is 0.328 e. The molecule has 0 aliphatic heterocycles. The van der Waals surface area contributed by atoms with Gasteiger partial charge in [0.25, 0.3) is 0 Å². The fourth-order valence-electron chi connectivity index (χ4n) is 2.00. The quantitative estimate of drug-likeness (QED) is 0.170. The summed E-state index contributed by atoms with van der Waals surface area (Å²) in [6, 6.07) is 0. The minimum Gasteiger partial charge on any atom is -0.478 e. The van der Waals surface area contributed by atoms with E-state index in [-0.39, 0.29) is 0 Å². The topological polar surface area (TPSA) is 37.3 Å². The Kier molecular flexibility index (Phi) is 17.3. The molecule has 0 aromatic rings. The number of unbranched alkanes of at least 4 members (excludes halogenated alkanes) is 5. The third-order valence-corrected chi connectivity index (χ3v) is 3.26. The number of hydrogen-bond donors (Lipinski definition) is 1. The predicted octanol–water partition coefficient (Wildman–Crippen LogP) is 6.55. The van der Waals surface area contributed by atoms with Gasteiger partial charge in [-0.2, -0.15) is 0 Å². The summed E-state index contributed by atoms with van der Waals surface area (Å²) in [5.41, 5.74) is 0. The van der Waals surface area contributed by atoms with Crippen molar-refractivity contribution in [2.45, 2.75) is 58.3 Å². The van der Waals surface area contributed by atoms with Gasteiger partial charge in [-0.1, -0.05) is 86.6 Å². The molecule has 0 aromatic carbocycles. The summed E-state index contributed by atoms with van der Waals surface area (Å²) in [4.78, 5) is 10.2. The highest BCUT2D eigenvalue weighted by molar-refractivity contribution is 5.80. The van der Waals surface area contributed by atoms with Crippen LogP contribution >= 0.6 is 0 Å². The van der Waals surface area contributed by atoms with Crippen LogP contribution in [0.15, 0.2) is 72.9 Å². The van der Waals surface area contributed by atoms with E-state index >= 15 is 0 Å². The number of carbonyl (C=O) groups is 1. The second-order valence-electron chi connectivity index (χ2n) is 5.47. The fourth-order valence-corrected chi connectivity index (χ4v) is 2.00. The Balaban J connectivity index is 3.43. The van der Waals surface area contributed by atoms with Gasteiger partial charge in [0.1, 0.15) is 0 Å². The maximum atomic E-state index is 10.2. The van der Waals surface area contributed by atoms with Crippen molar-refractivity contribution in [3.63, 3.8) is 0 Å². The number of aliphatic carboxylic acids is 1. The molecule has 0 aliphatic rings. The van der Waals surface area contributed by atoms with Crippen LogP contribution in [0.3, 0.4) is 0 Å². The summed E-state index contributed by atoms with van der Waals surface area (Å²) >= 11 is 0. The first kappa shape index (κ1) is 21.9. The van der Waals surface area contributed by atoms with Crippen molar-refractivity contribution in [2.75, 3.05) is 0 Å². The summed E-state index contributed by atoms with van der Waals surface area (Å²) in [5, 5.41) is 8.40. The molecule has 2 heteroatoms. The third-order valence-electron chi connectivity index (χ3n) is 3.26. The molecule has 0 aliphatic carbocycles. The van der Waals surface area contributed by atoms with Crippen molar-refractivity contribution in [1.82, 2.24) is 0 Å². The molecular formula is C22H32O2. The molecule has 132 valence electrons. The maximum absolute atomic E-state index is 10.2. The van der Waals surface area contributed by atoms with E-state index in [0.29, 0.717) is 0 Å². The molecule has 1 N–H and O–H groups in total. The van der Waals surface area contributed by atoms with Gasteiger partial charge in [0.15, 0.2) is 0 Å². The first-order valence-electron chi connectivity index (χ1n) is 8.96. The summed E-state index contributed by atoms with van der Waals surface area (Å²) in [5.74, 6) is -0.927. The largest absolute Gasteiger partial charge is 0.478 e. The van der Waals surface area contributed by atoms with Gasteiger partial charge in [-0.05, 0) is 38.5 Å². The van der Waals surface area contributed by atoms with Gasteiger partial charge in [-0.25, -0.2) is 4.79 Å². The molecule has 0 saturated carbocycles. The second-order valence-corrected chi connectivity index (χ2v) is 5.47. The molecule has 0 aromatic heterocycles. The third kappa shape index (κ3) is 19.9. The minimum atomic E-state index is -0.927. The van der Waals surface area contributed by atoms with E-state index in [1.165, 1.54) is 38.2 Å². The van der Waals surface area contributed by atoms with Crippen LogP contribution in [0.25, 0.3) is 0 Å². The van der Waals surface area contributed by atoms with E-state index in [0.717, 1.165) is 25.3 Å². The number of hydrogen-bond acceptors (Lipinski definition) is 1. The van der Waals surface area contributed by atoms with Crippen molar-refractivity contribution < 1.29 is 9.90 Å². The minimum absolute atomic E-state index is 0.927. The van der Waals surface area contributed by atoms with Gasteiger partial charge >= 0.3 is 5.97 Å². The zero-order valence-corrected chi connectivity index (χ0v) is 14.9. The lowest BCUT2D eigenvalue weighted by Crippen LogP contribution is -1.84. The fraction of sp³-hybridized carbons (Fsp3) is 0.409. The molecule has 2 nitrogen and oxygen atoms in total. The molecule has 0 atom stereocenters. The predicted molar refractivity (Wildman–Crippen MR) is 105 cm³/mol. The summed E-state index contributed by atoms with van der Waals surface area (Å²) in [6.07, 6.45) is 32.8. The Labute approximate surface area is 147 Å². The van der Waals surface area contributed by atoms with Crippen molar-refractivity contribution in [3.05, 3.63) is 72.9 Å². The number of allylic oxidation sites excluding steroid dienone is 11. The Morgan fingerprint density at radius 2 is 1.29 bits per heavy atom. The van der Waals surface area contributed by atoms with Gasteiger partial charge in [-0.3, -0.25) is 0 Å². The summed E-state index contributed by atoms with van der Waals surface area (Å²) < 4.78 is 0. The average molecular weight is 328 g/mol. The van der Waals surface area contributed by atoms with E-state index in [9.17, 15) is 4.79 Å². The standard InChI is InChI=1S/C22H32O2/c1-2-3-4-5-6-7-8-9-10-11-12-13-14-15-16-17-18-19-20-21-22(23)24/h3-4,6-7,14-21H,2,5,8-13H2,1H3,(H,23,24). The molecule has 0 rings (SSSR count). The molecule has 0 heterocycles. The van der Waals surface area contributed by atoms with Crippen molar-refractivity contribution in [1.29, 1.82) is 0 Å². The second kappa shape index (κ2) is 19.0. The van der Waals surface area contributed by atoms with Crippen LogP contribution in [0, 0.1) is 0 Å². The molecule has 24 heavy (non-hydrogen) atoms. The first-order chi connectivity index (χ1) is 11.8. The van der Waals surface area contributed by atoms with Crippen LogP contribution in [-0.4, -0.2) is 11.1 Å². The van der Waals surface area contributed by atoms with Crippen molar-refractivity contribution in [3.8, 4) is 0 Å². The zero-order valence-electron chi connectivity index (χ0n) is 14.9. The first-order valence-corrected chi connectivity index (χ1v) is 8.96. The van der Waals surface area contributed by atoms with Gasteiger partial charge in [-0.15, -0.1) is 0 Å². The van der Waals surface area contributed by atoms with Gasteiger partial charge in [0.05, 0.1) is 0 Å². The highest BCUT2D eigenvalue weighted by Crippen LogP contribution is 2.06. The lowest BCUT2D eigenvalue weighted by atomic mass is 10.1. The summed E-state index contributed by atoms with van der Waals surface area (Å²) in [6.45, 7) is 2.16. The number of carboxylic acid groups (broad SMARTS) is 1. The molecule has 0 spiro atoms. The number of rotatable bonds is 14. The average Bonchev–Trinajstić information content (AvgIpc) is 2.56. The lowest BCUT2D eigenvalue weighted by Gasteiger charge is -1.96. The van der Waals surface area contributed by atoms with Crippen LogP contribution in [0.5, 0.6) is 0 Å². The Morgan fingerprint density at radius 3 is 1.96 bits per heavy atom. The molecule has 0 unspecified atom stereocenters. The Hall–Kier alpha value is -2.09. The number of carboxylic acids is 1. The van der Waals surface area contributed by atoms with Gasteiger partial charge < -0.3 is 5.11 Å². The maximum Gasteiger partial charge on any atom is 0.328 e. The molecule has 0 saturated heterocycles. The van der Waals surface area contributed by atoms with Crippen LogP contribution in [0.2, 0.25) is 0 Å². The van der Waals surface area contributed by atoms with E-state index in [2.05, 4.69) is 37.3 Å². The molecular weight excluding hydrogens is 296 g/mol. The summed E-state index contributed by atoms with van der Waals surface area (Å²) in [7, 11) is 0. The highest BCUT2D eigenvalue weighted by atomic mass is 16.4. The molecule has 0 radical (unpaired) electrons. The zero-order chi connectivity index (χ0) is 17.7. The molecule has 0 amide bonds. The normalized spacial score (nSPS) is 13.0. The van der Waals surface area contributed by atoms with Crippen molar-refractivity contribution >= 4 is 5.97 Å². The molecule has 0 fully saturated rings. The van der Waals surface area contributed by atoms with E-state index in [4.69, 9.17) is 5.11 Å². The van der Waals surface area contributed by atoms with Crippen molar-refractivity contribution in [2.24, 2.45) is 0 Å². The highest BCUT2D eigenvalue weighted by Gasteiger charge is 1.87. The van der Waals surface area contributed by atoms with Crippen LogP contribution in [-0.2, 0) is 4.79 Å². The monoisotopic (exact) mass is 328 g/mol. The Bertz CT molecular complexity index is 462. The Morgan fingerprint density at radius 1 is 0.708 bits per heavy atom. The van der Waals surface area contributed by atoms with E-state index in [1.807, 2.05) is 24.3 Å². The lowest BCUT2D eigenvalue weighted by molar-refractivity contribution is -0.131. The molecule has 0 bridgehead atoms. The SMILES string of the molecule is CCC=CCC=CCCCCCCC=CC=CC=CC=CC(=O)O.